The average Bonchev–Trinajstić information content (AvgIpc) is 2.79. The zero-order valence-electron chi connectivity index (χ0n) is 16.5. The molecule has 0 unspecified atom stereocenters. The molecule has 1 aliphatic rings. The molecule has 0 fully saturated rings. The zero-order valence-corrected chi connectivity index (χ0v) is 16.5. The smallest absolute Gasteiger partial charge is 0.308 e. The molecule has 0 bridgehead atoms. The van der Waals surface area contributed by atoms with Crippen molar-refractivity contribution in [3.63, 3.8) is 0 Å². The molecule has 0 aliphatic carbocycles. The van der Waals surface area contributed by atoms with Gasteiger partial charge < -0.3 is 9.47 Å². The van der Waals surface area contributed by atoms with Gasteiger partial charge in [0.05, 0.1) is 5.39 Å². The molecule has 0 aromatic heterocycles. The second-order valence-corrected chi connectivity index (χ2v) is 7.33. The second-order valence-electron chi connectivity index (χ2n) is 7.33. The summed E-state index contributed by atoms with van der Waals surface area (Å²) in [6.07, 6.45) is 4.18. The normalized spacial score (nSPS) is 14.0. The van der Waals surface area contributed by atoms with E-state index >= 15 is 0 Å². The predicted molar refractivity (Wildman–Crippen MR) is 119 cm³/mol. The average molecular weight is 392 g/mol. The monoisotopic (exact) mass is 392 g/mol. The highest BCUT2D eigenvalue weighted by atomic mass is 16.5. The van der Waals surface area contributed by atoms with Crippen LogP contribution in [0.1, 0.15) is 23.6 Å². The Hall–Kier alpha value is -3.85. The standard InChI is InChI=1S/C27H20O3/c1-19(28)29-24-14-8-9-20-15-16-21-17-18-27(30-26(21)25(20)24,22-10-4-2-5-11-22)23-12-6-3-7-13-23/h2-18H,1H3. The predicted octanol–water partition coefficient (Wildman–Crippen LogP) is 6.11. The highest BCUT2D eigenvalue weighted by Gasteiger charge is 2.37. The van der Waals surface area contributed by atoms with Gasteiger partial charge in [0.25, 0.3) is 0 Å². The lowest BCUT2D eigenvalue weighted by Gasteiger charge is -2.36. The molecule has 3 heteroatoms. The molecule has 3 nitrogen and oxygen atoms in total. The van der Waals surface area contributed by atoms with Crippen LogP contribution >= 0.6 is 0 Å². The summed E-state index contributed by atoms with van der Waals surface area (Å²) in [5.74, 6) is 0.852. The number of esters is 1. The van der Waals surface area contributed by atoms with E-state index in [4.69, 9.17) is 9.47 Å². The van der Waals surface area contributed by atoms with Crippen molar-refractivity contribution in [1.82, 2.24) is 0 Å². The Bertz CT molecular complexity index is 1220. The van der Waals surface area contributed by atoms with Gasteiger partial charge in [0, 0.05) is 23.6 Å². The van der Waals surface area contributed by atoms with Gasteiger partial charge in [-0.25, -0.2) is 0 Å². The molecule has 0 atom stereocenters. The third kappa shape index (κ3) is 2.96. The van der Waals surface area contributed by atoms with Crippen molar-refractivity contribution < 1.29 is 14.3 Å². The van der Waals surface area contributed by atoms with Crippen LogP contribution in [-0.4, -0.2) is 5.97 Å². The Morgan fingerprint density at radius 2 is 1.47 bits per heavy atom. The number of carbonyl (C=O) groups is 1. The van der Waals surface area contributed by atoms with Crippen molar-refractivity contribution >= 4 is 22.8 Å². The van der Waals surface area contributed by atoms with Gasteiger partial charge in [-0.3, -0.25) is 4.79 Å². The lowest BCUT2D eigenvalue weighted by Crippen LogP contribution is -2.34. The summed E-state index contributed by atoms with van der Waals surface area (Å²) in [6.45, 7) is 1.41. The minimum Gasteiger partial charge on any atom is -0.472 e. The van der Waals surface area contributed by atoms with Gasteiger partial charge in [0.2, 0.25) is 0 Å². The molecule has 0 spiro atoms. The Morgan fingerprint density at radius 3 is 2.10 bits per heavy atom. The highest BCUT2D eigenvalue weighted by Crippen LogP contribution is 2.47. The van der Waals surface area contributed by atoms with E-state index in [1.54, 1.807) is 6.07 Å². The van der Waals surface area contributed by atoms with Crippen molar-refractivity contribution in [2.75, 3.05) is 0 Å². The van der Waals surface area contributed by atoms with Crippen LogP contribution in [-0.2, 0) is 10.4 Å². The van der Waals surface area contributed by atoms with E-state index in [2.05, 4.69) is 36.4 Å². The fraction of sp³-hybridized carbons (Fsp3) is 0.0741. The molecule has 5 rings (SSSR count). The summed E-state index contributed by atoms with van der Waals surface area (Å²) in [5.41, 5.74) is 2.22. The zero-order chi connectivity index (χ0) is 20.6. The Morgan fingerprint density at radius 1 is 0.800 bits per heavy atom. The topological polar surface area (TPSA) is 35.5 Å². The molecule has 4 aromatic rings. The molecule has 4 aromatic carbocycles. The number of rotatable bonds is 3. The fourth-order valence-electron chi connectivity index (χ4n) is 4.06. The van der Waals surface area contributed by atoms with Crippen molar-refractivity contribution in [3.05, 3.63) is 114 Å². The Kier molecular flexibility index (Phi) is 4.36. The summed E-state index contributed by atoms with van der Waals surface area (Å²) >= 11 is 0. The lowest BCUT2D eigenvalue weighted by molar-refractivity contribution is -0.131. The molecule has 0 radical (unpaired) electrons. The minimum absolute atomic E-state index is 0.358. The quantitative estimate of drug-likeness (QED) is 0.311. The molecule has 0 saturated carbocycles. The van der Waals surface area contributed by atoms with Crippen LogP contribution in [0.4, 0.5) is 0 Å². The van der Waals surface area contributed by atoms with E-state index in [0.29, 0.717) is 11.5 Å². The largest absolute Gasteiger partial charge is 0.472 e. The van der Waals surface area contributed by atoms with E-state index in [-0.39, 0.29) is 5.97 Å². The molecular weight excluding hydrogens is 372 g/mol. The van der Waals surface area contributed by atoms with Crippen molar-refractivity contribution in [2.45, 2.75) is 12.5 Å². The van der Waals surface area contributed by atoms with Crippen LogP contribution in [0.5, 0.6) is 11.5 Å². The summed E-state index contributed by atoms with van der Waals surface area (Å²) in [6, 6.07) is 30.1. The van der Waals surface area contributed by atoms with E-state index < -0.39 is 5.60 Å². The minimum atomic E-state index is -0.785. The molecule has 0 amide bonds. The van der Waals surface area contributed by atoms with Crippen LogP contribution < -0.4 is 9.47 Å². The van der Waals surface area contributed by atoms with Gasteiger partial charge in [-0.05, 0) is 17.5 Å². The van der Waals surface area contributed by atoms with Gasteiger partial charge >= 0.3 is 5.97 Å². The Balaban J connectivity index is 1.78. The summed E-state index contributed by atoms with van der Waals surface area (Å²) in [5, 5.41) is 1.75. The summed E-state index contributed by atoms with van der Waals surface area (Å²) < 4.78 is 12.4. The Labute approximate surface area is 175 Å². The maximum atomic E-state index is 11.7. The first-order valence-electron chi connectivity index (χ1n) is 9.91. The van der Waals surface area contributed by atoms with Gasteiger partial charge in [0.1, 0.15) is 11.5 Å². The third-order valence-electron chi connectivity index (χ3n) is 5.41. The van der Waals surface area contributed by atoms with Crippen molar-refractivity contribution in [3.8, 4) is 11.5 Å². The fourth-order valence-corrected chi connectivity index (χ4v) is 4.06. The molecular formula is C27H20O3. The lowest BCUT2D eigenvalue weighted by atomic mass is 9.83. The van der Waals surface area contributed by atoms with Crippen LogP contribution in [0.2, 0.25) is 0 Å². The van der Waals surface area contributed by atoms with Crippen LogP contribution in [0.3, 0.4) is 0 Å². The van der Waals surface area contributed by atoms with Gasteiger partial charge in [-0.2, -0.15) is 0 Å². The maximum Gasteiger partial charge on any atom is 0.308 e. The van der Waals surface area contributed by atoms with Crippen molar-refractivity contribution in [2.24, 2.45) is 0 Å². The number of carbonyl (C=O) groups excluding carboxylic acids is 1. The number of hydrogen-bond donors (Lipinski definition) is 0. The molecule has 0 N–H and O–H groups in total. The molecule has 1 heterocycles. The van der Waals surface area contributed by atoms with E-state index in [9.17, 15) is 4.79 Å². The van der Waals surface area contributed by atoms with E-state index in [1.165, 1.54) is 6.92 Å². The van der Waals surface area contributed by atoms with E-state index in [0.717, 1.165) is 27.5 Å². The van der Waals surface area contributed by atoms with Gasteiger partial charge in [0.15, 0.2) is 5.60 Å². The highest BCUT2D eigenvalue weighted by molar-refractivity contribution is 5.98. The van der Waals surface area contributed by atoms with Crippen LogP contribution in [0.25, 0.3) is 16.8 Å². The van der Waals surface area contributed by atoms with E-state index in [1.807, 2.05) is 60.7 Å². The number of fused-ring (bicyclic) bond motifs is 3. The summed E-state index contributed by atoms with van der Waals surface area (Å²) in [4.78, 5) is 11.7. The number of ether oxygens (including phenoxy) is 2. The molecule has 1 aliphatic heterocycles. The number of hydrogen-bond acceptors (Lipinski definition) is 3. The van der Waals surface area contributed by atoms with Gasteiger partial charge in [-0.15, -0.1) is 0 Å². The van der Waals surface area contributed by atoms with Crippen LogP contribution in [0.15, 0.2) is 97.1 Å². The molecule has 30 heavy (non-hydrogen) atoms. The first-order chi connectivity index (χ1) is 14.7. The number of benzene rings is 4. The molecule has 146 valence electrons. The maximum absolute atomic E-state index is 11.7. The second kappa shape index (κ2) is 7.20. The van der Waals surface area contributed by atoms with Crippen LogP contribution in [0, 0.1) is 0 Å². The first kappa shape index (κ1) is 18.2. The molecule has 0 saturated heterocycles. The third-order valence-corrected chi connectivity index (χ3v) is 5.41. The summed E-state index contributed by atoms with van der Waals surface area (Å²) in [7, 11) is 0. The first-order valence-corrected chi connectivity index (χ1v) is 9.91. The van der Waals surface area contributed by atoms with Crippen molar-refractivity contribution in [1.29, 1.82) is 0 Å². The SMILES string of the molecule is CC(=O)Oc1cccc2ccc3c(c12)OC(c1ccccc1)(c1ccccc1)C=C3. The van der Waals surface area contributed by atoms with Gasteiger partial charge in [-0.1, -0.05) is 91.0 Å².